The van der Waals surface area contributed by atoms with Gasteiger partial charge in [-0.3, -0.25) is 4.98 Å². The molecule has 1 N–H and O–H groups in total. The standard InChI is InChI=1S/C34H29N3O2SSi/c1-41(2,3)20-17-24-9-12-26(13-10-24)30-22-36-34-33(32(30)27-15-18-35-19-16-27)29-21-25(11-14-31(29)37-34)23-40(38,39)28-7-5-4-6-8-28/h4-16,18-19,21-22H,23H2,1-3H3,(H,36,37). The lowest BCUT2D eigenvalue weighted by Crippen LogP contribution is -2.16. The SMILES string of the molecule is C[Si](C)(C)C#Cc1ccc(-c2cnc3[nH]c4ccc(CS(=O)(=O)c5ccccc5)cc4c3c2-c2ccncc2)cc1. The third-order valence-electron chi connectivity index (χ3n) is 6.89. The van der Waals surface area contributed by atoms with E-state index in [1.54, 1.807) is 36.7 Å². The van der Waals surface area contributed by atoms with Gasteiger partial charge in [-0.1, -0.05) is 62.0 Å². The number of H-pyrrole nitrogens is 1. The fourth-order valence-corrected chi connectivity index (χ4v) is 6.83. The number of nitrogens with one attached hydrogen (secondary N) is 1. The summed E-state index contributed by atoms with van der Waals surface area (Å²) in [5.41, 5.74) is 10.8. The predicted molar refractivity (Wildman–Crippen MR) is 170 cm³/mol. The van der Waals surface area contributed by atoms with Crippen LogP contribution in [0.1, 0.15) is 11.1 Å². The molecule has 0 radical (unpaired) electrons. The van der Waals surface area contributed by atoms with Crippen LogP contribution in [0.4, 0.5) is 0 Å². The van der Waals surface area contributed by atoms with Crippen LogP contribution in [-0.2, 0) is 15.6 Å². The van der Waals surface area contributed by atoms with Crippen LogP contribution >= 0.6 is 0 Å². The molecule has 0 amide bonds. The van der Waals surface area contributed by atoms with Gasteiger partial charge in [-0.2, -0.15) is 0 Å². The maximum Gasteiger partial charge on any atom is 0.182 e. The van der Waals surface area contributed by atoms with E-state index in [-0.39, 0.29) is 5.75 Å². The number of aromatic amines is 1. The minimum absolute atomic E-state index is 0.0861. The van der Waals surface area contributed by atoms with E-state index in [1.165, 1.54) is 0 Å². The summed E-state index contributed by atoms with van der Waals surface area (Å²) in [6.07, 6.45) is 5.47. The Morgan fingerprint density at radius 2 is 1.59 bits per heavy atom. The molecule has 0 saturated heterocycles. The molecule has 3 heterocycles. The van der Waals surface area contributed by atoms with Crippen molar-refractivity contribution >= 4 is 39.8 Å². The second-order valence-corrected chi connectivity index (χ2v) is 17.9. The zero-order chi connectivity index (χ0) is 28.6. The van der Waals surface area contributed by atoms with Gasteiger partial charge in [0.2, 0.25) is 0 Å². The van der Waals surface area contributed by atoms with Crippen LogP contribution in [0.25, 0.3) is 44.2 Å². The number of aromatic nitrogens is 3. The number of hydrogen-bond donors (Lipinski definition) is 1. The highest BCUT2D eigenvalue weighted by Gasteiger charge is 2.20. The predicted octanol–water partition coefficient (Wildman–Crippen LogP) is 7.65. The number of benzene rings is 3. The average molecular weight is 572 g/mol. The second kappa shape index (κ2) is 10.5. The highest BCUT2D eigenvalue weighted by molar-refractivity contribution is 7.90. The van der Waals surface area contributed by atoms with E-state index < -0.39 is 17.9 Å². The molecule has 0 aliphatic rings. The van der Waals surface area contributed by atoms with Crippen LogP contribution in [0.5, 0.6) is 0 Å². The molecule has 0 saturated carbocycles. The van der Waals surface area contributed by atoms with Gasteiger partial charge < -0.3 is 4.98 Å². The third-order valence-corrected chi connectivity index (χ3v) is 9.47. The lowest BCUT2D eigenvalue weighted by atomic mass is 9.92. The van der Waals surface area contributed by atoms with E-state index in [0.717, 1.165) is 55.3 Å². The third kappa shape index (κ3) is 5.57. The van der Waals surface area contributed by atoms with Crippen LogP contribution in [-0.4, -0.2) is 31.4 Å². The Hall–Kier alpha value is -4.51. The highest BCUT2D eigenvalue weighted by atomic mass is 32.2. The van der Waals surface area contributed by atoms with Crippen LogP contribution in [0.3, 0.4) is 0 Å². The Labute approximate surface area is 241 Å². The van der Waals surface area contributed by atoms with E-state index in [9.17, 15) is 8.42 Å². The lowest BCUT2D eigenvalue weighted by Gasteiger charge is -2.12. The maximum absolute atomic E-state index is 13.2. The van der Waals surface area contributed by atoms with E-state index in [1.807, 2.05) is 42.6 Å². The van der Waals surface area contributed by atoms with Crippen LogP contribution in [0, 0.1) is 11.5 Å². The molecule has 0 fully saturated rings. The Bertz CT molecular complexity index is 2050. The molecular formula is C34H29N3O2SSi. The van der Waals surface area contributed by atoms with Gasteiger partial charge in [-0.05, 0) is 65.2 Å². The van der Waals surface area contributed by atoms with Crippen LogP contribution in [0.15, 0.2) is 108 Å². The Kier molecular flexibility index (Phi) is 6.82. The Balaban J connectivity index is 1.52. The fraction of sp³-hybridized carbons (Fsp3) is 0.118. The topological polar surface area (TPSA) is 75.7 Å². The van der Waals surface area contributed by atoms with Gasteiger partial charge >= 0.3 is 0 Å². The Morgan fingerprint density at radius 3 is 2.29 bits per heavy atom. The number of hydrogen-bond acceptors (Lipinski definition) is 4. The lowest BCUT2D eigenvalue weighted by molar-refractivity contribution is 0.595. The largest absolute Gasteiger partial charge is 0.339 e. The van der Waals surface area contributed by atoms with Crippen molar-refractivity contribution in [1.82, 2.24) is 15.0 Å². The summed E-state index contributed by atoms with van der Waals surface area (Å²) in [5, 5.41) is 1.88. The average Bonchev–Trinajstić information content (AvgIpc) is 3.34. The number of rotatable bonds is 5. The first-order chi connectivity index (χ1) is 19.7. The zero-order valence-corrected chi connectivity index (χ0v) is 25.0. The quantitative estimate of drug-likeness (QED) is 0.170. The second-order valence-electron chi connectivity index (χ2n) is 11.2. The number of pyridine rings is 2. The molecule has 0 aliphatic carbocycles. The van der Waals surface area contributed by atoms with Crippen LogP contribution < -0.4 is 0 Å². The van der Waals surface area contributed by atoms with E-state index in [2.05, 4.69) is 65.3 Å². The molecule has 0 unspecified atom stereocenters. The minimum atomic E-state index is -3.49. The summed E-state index contributed by atoms with van der Waals surface area (Å²) in [6.45, 7) is 6.71. The molecular weight excluding hydrogens is 543 g/mol. The van der Waals surface area contributed by atoms with Crippen molar-refractivity contribution < 1.29 is 8.42 Å². The normalized spacial score (nSPS) is 11.9. The molecule has 202 valence electrons. The van der Waals surface area contributed by atoms with E-state index in [4.69, 9.17) is 4.98 Å². The van der Waals surface area contributed by atoms with Crippen molar-refractivity contribution in [3.63, 3.8) is 0 Å². The number of fused-ring (bicyclic) bond motifs is 3. The van der Waals surface area contributed by atoms with Gasteiger partial charge in [0, 0.05) is 51.6 Å². The van der Waals surface area contributed by atoms with Crippen molar-refractivity contribution in [1.29, 1.82) is 0 Å². The van der Waals surface area contributed by atoms with Gasteiger partial charge in [0.15, 0.2) is 9.84 Å². The molecule has 0 spiro atoms. The summed E-state index contributed by atoms with van der Waals surface area (Å²) < 4.78 is 26.3. The molecule has 0 aliphatic heterocycles. The summed E-state index contributed by atoms with van der Waals surface area (Å²) in [4.78, 5) is 12.8. The molecule has 0 atom stereocenters. The summed E-state index contributed by atoms with van der Waals surface area (Å²) >= 11 is 0. The van der Waals surface area contributed by atoms with Crippen molar-refractivity contribution in [3.05, 3.63) is 115 Å². The molecule has 41 heavy (non-hydrogen) atoms. The fourth-order valence-electron chi connectivity index (χ4n) is 4.95. The molecule has 5 nitrogen and oxygen atoms in total. The number of sulfone groups is 1. The van der Waals surface area contributed by atoms with Crippen molar-refractivity contribution in [2.75, 3.05) is 0 Å². The zero-order valence-electron chi connectivity index (χ0n) is 23.1. The van der Waals surface area contributed by atoms with Gasteiger partial charge in [-0.25, -0.2) is 13.4 Å². The van der Waals surface area contributed by atoms with E-state index >= 15 is 0 Å². The molecule has 6 aromatic rings. The van der Waals surface area contributed by atoms with Crippen molar-refractivity contribution in [3.8, 4) is 33.7 Å². The van der Waals surface area contributed by atoms with Gasteiger partial charge in [0.1, 0.15) is 13.7 Å². The van der Waals surface area contributed by atoms with Gasteiger partial charge in [-0.15, -0.1) is 5.54 Å². The molecule has 6 rings (SSSR count). The highest BCUT2D eigenvalue weighted by Crippen LogP contribution is 2.40. The van der Waals surface area contributed by atoms with Gasteiger partial charge in [0.25, 0.3) is 0 Å². The van der Waals surface area contributed by atoms with Crippen LogP contribution in [0.2, 0.25) is 19.6 Å². The summed E-state index contributed by atoms with van der Waals surface area (Å²) in [7, 11) is -4.97. The van der Waals surface area contributed by atoms with E-state index in [0.29, 0.717) is 4.90 Å². The molecule has 3 aromatic carbocycles. The molecule has 7 heteroatoms. The summed E-state index contributed by atoms with van der Waals surface area (Å²) in [5.74, 6) is 3.24. The minimum Gasteiger partial charge on any atom is -0.339 e. The molecule has 3 aromatic heterocycles. The first-order valence-electron chi connectivity index (χ1n) is 13.4. The molecule has 0 bridgehead atoms. The summed E-state index contributed by atoms with van der Waals surface area (Å²) in [6, 6.07) is 26.7. The smallest absolute Gasteiger partial charge is 0.182 e. The van der Waals surface area contributed by atoms with Crippen molar-refractivity contribution in [2.24, 2.45) is 0 Å². The first kappa shape index (κ1) is 26.7. The van der Waals surface area contributed by atoms with Crippen molar-refractivity contribution in [2.45, 2.75) is 30.3 Å². The monoisotopic (exact) mass is 571 g/mol. The van der Waals surface area contributed by atoms with Gasteiger partial charge in [0.05, 0.1) is 10.6 Å². The Morgan fingerprint density at radius 1 is 0.854 bits per heavy atom. The maximum atomic E-state index is 13.2. The number of nitrogens with zero attached hydrogens (tertiary/aromatic N) is 2. The first-order valence-corrected chi connectivity index (χ1v) is 18.6.